The Labute approximate surface area is 136 Å². The van der Waals surface area contributed by atoms with Gasteiger partial charge in [0.05, 0.1) is 7.11 Å². The minimum Gasteiger partial charge on any atom is -0.469 e. The molecule has 1 atom stereocenters. The number of ketones is 1. The zero-order valence-corrected chi connectivity index (χ0v) is 13.3. The topological polar surface area (TPSA) is 52.6 Å². The van der Waals surface area contributed by atoms with Gasteiger partial charge in [-0.05, 0) is 42.3 Å². The van der Waals surface area contributed by atoms with Gasteiger partial charge in [-0.2, -0.15) is 0 Å². The number of hydrogen-bond donors (Lipinski definition) is 0. The van der Waals surface area contributed by atoms with Gasteiger partial charge in [-0.15, -0.1) is 0 Å². The molecule has 120 valence electrons. The van der Waals surface area contributed by atoms with Gasteiger partial charge < -0.3 is 9.47 Å². The van der Waals surface area contributed by atoms with Gasteiger partial charge in [-0.1, -0.05) is 25.1 Å². The summed E-state index contributed by atoms with van der Waals surface area (Å²) in [6.07, 6.45) is 0.561. The fourth-order valence-corrected chi connectivity index (χ4v) is 2.21. The summed E-state index contributed by atoms with van der Waals surface area (Å²) in [5.41, 5.74) is 0.613. The number of rotatable bonds is 7. The average molecular weight is 312 g/mol. The fourth-order valence-electron chi connectivity index (χ4n) is 2.21. The van der Waals surface area contributed by atoms with Gasteiger partial charge in [0.25, 0.3) is 0 Å². The molecule has 0 aliphatic heterocycles. The summed E-state index contributed by atoms with van der Waals surface area (Å²) in [7, 11) is 1.35. The van der Waals surface area contributed by atoms with Crippen LogP contribution in [0.25, 0.3) is 0 Å². The number of methoxy groups -OCH3 is 1. The van der Waals surface area contributed by atoms with E-state index in [9.17, 15) is 9.59 Å². The SMILES string of the molecule is COC(=O)CC(C)CC(=O)c1ccc(Oc2ccccc2)cc1. The van der Waals surface area contributed by atoms with Crippen LogP contribution in [0.1, 0.15) is 30.1 Å². The molecular weight excluding hydrogens is 292 g/mol. The van der Waals surface area contributed by atoms with Crippen molar-refractivity contribution in [1.82, 2.24) is 0 Å². The van der Waals surface area contributed by atoms with Crippen LogP contribution < -0.4 is 4.74 Å². The third-order valence-corrected chi connectivity index (χ3v) is 3.43. The van der Waals surface area contributed by atoms with Crippen LogP contribution in [-0.4, -0.2) is 18.9 Å². The van der Waals surface area contributed by atoms with E-state index in [0.717, 1.165) is 5.75 Å². The van der Waals surface area contributed by atoms with Gasteiger partial charge in [0, 0.05) is 18.4 Å². The van der Waals surface area contributed by atoms with E-state index in [-0.39, 0.29) is 24.1 Å². The van der Waals surface area contributed by atoms with E-state index in [1.807, 2.05) is 37.3 Å². The molecule has 0 saturated heterocycles. The molecule has 0 saturated carbocycles. The van der Waals surface area contributed by atoms with Crippen LogP contribution in [-0.2, 0) is 9.53 Å². The third kappa shape index (κ3) is 5.25. The van der Waals surface area contributed by atoms with Crippen LogP contribution in [0, 0.1) is 5.92 Å². The van der Waals surface area contributed by atoms with E-state index in [2.05, 4.69) is 4.74 Å². The number of Topliss-reactive ketones (excluding diaryl/α,β-unsaturated/α-hetero) is 1. The minimum absolute atomic E-state index is 0.00710. The lowest BCUT2D eigenvalue weighted by atomic mass is 9.97. The van der Waals surface area contributed by atoms with Crippen molar-refractivity contribution in [3.05, 3.63) is 60.2 Å². The Kier molecular flexibility index (Phi) is 5.92. The first-order valence-electron chi connectivity index (χ1n) is 7.51. The molecule has 0 aliphatic carbocycles. The van der Waals surface area contributed by atoms with E-state index >= 15 is 0 Å². The number of para-hydroxylation sites is 1. The van der Waals surface area contributed by atoms with Gasteiger partial charge in [-0.3, -0.25) is 9.59 Å². The zero-order valence-electron chi connectivity index (χ0n) is 13.3. The molecule has 0 heterocycles. The van der Waals surface area contributed by atoms with E-state index in [4.69, 9.17) is 4.74 Å². The lowest BCUT2D eigenvalue weighted by Crippen LogP contribution is -2.11. The molecule has 0 bridgehead atoms. The largest absolute Gasteiger partial charge is 0.469 e. The average Bonchev–Trinajstić information content (AvgIpc) is 2.56. The molecule has 4 nitrogen and oxygen atoms in total. The molecule has 0 fully saturated rings. The standard InChI is InChI=1S/C19H20O4/c1-14(13-19(21)22-2)12-18(20)15-8-10-17(11-9-15)23-16-6-4-3-5-7-16/h3-11,14H,12-13H2,1-2H3. The van der Waals surface area contributed by atoms with Crippen LogP contribution in [0.3, 0.4) is 0 Å². The first kappa shape index (κ1) is 16.7. The number of benzene rings is 2. The van der Waals surface area contributed by atoms with Crippen LogP contribution in [0.2, 0.25) is 0 Å². The number of carbonyl (C=O) groups excluding carboxylic acids is 2. The summed E-state index contributed by atoms with van der Waals surface area (Å²) in [5, 5.41) is 0. The Bertz CT molecular complexity index is 647. The van der Waals surface area contributed by atoms with Crippen molar-refractivity contribution in [2.45, 2.75) is 19.8 Å². The van der Waals surface area contributed by atoms with Crippen LogP contribution in [0.4, 0.5) is 0 Å². The molecule has 0 aliphatic rings. The summed E-state index contributed by atoms with van der Waals surface area (Å²) in [6.45, 7) is 1.86. The van der Waals surface area contributed by atoms with Gasteiger partial charge in [0.15, 0.2) is 5.78 Å². The maximum Gasteiger partial charge on any atom is 0.305 e. The molecule has 0 N–H and O–H groups in total. The van der Waals surface area contributed by atoms with E-state index < -0.39 is 0 Å². The lowest BCUT2D eigenvalue weighted by Gasteiger charge is -2.10. The normalized spacial score (nSPS) is 11.6. The second kappa shape index (κ2) is 8.13. The smallest absolute Gasteiger partial charge is 0.305 e. The monoisotopic (exact) mass is 312 g/mol. The summed E-state index contributed by atoms with van der Waals surface area (Å²) >= 11 is 0. The lowest BCUT2D eigenvalue weighted by molar-refractivity contribution is -0.141. The number of ether oxygens (including phenoxy) is 2. The summed E-state index contributed by atoms with van der Waals surface area (Å²) in [5.74, 6) is 1.09. The zero-order chi connectivity index (χ0) is 16.7. The second-order valence-electron chi connectivity index (χ2n) is 5.45. The van der Waals surface area contributed by atoms with Crippen molar-refractivity contribution in [1.29, 1.82) is 0 Å². The van der Waals surface area contributed by atoms with E-state index in [0.29, 0.717) is 17.7 Å². The van der Waals surface area contributed by atoms with Crippen molar-refractivity contribution in [3.8, 4) is 11.5 Å². The van der Waals surface area contributed by atoms with Crippen molar-refractivity contribution >= 4 is 11.8 Å². The highest BCUT2D eigenvalue weighted by atomic mass is 16.5. The highest BCUT2D eigenvalue weighted by Gasteiger charge is 2.15. The van der Waals surface area contributed by atoms with Gasteiger partial charge in [0.1, 0.15) is 11.5 Å². The van der Waals surface area contributed by atoms with Gasteiger partial charge in [-0.25, -0.2) is 0 Å². The predicted molar refractivity (Wildman–Crippen MR) is 87.7 cm³/mol. The highest BCUT2D eigenvalue weighted by Crippen LogP contribution is 2.22. The quantitative estimate of drug-likeness (QED) is 0.566. The Morgan fingerprint density at radius 1 is 0.913 bits per heavy atom. The Morgan fingerprint density at radius 3 is 2.13 bits per heavy atom. The molecule has 2 rings (SSSR count). The molecule has 2 aromatic carbocycles. The molecule has 1 unspecified atom stereocenters. The number of hydrogen-bond acceptors (Lipinski definition) is 4. The Morgan fingerprint density at radius 2 is 1.52 bits per heavy atom. The summed E-state index contributed by atoms with van der Waals surface area (Å²) < 4.78 is 10.3. The van der Waals surface area contributed by atoms with Crippen LogP contribution >= 0.6 is 0 Å². The molecule has 0 spiro atoms. The fraction of sp³-hybridized carbons (Fsp3) is 0.263. The molecule has 2 aromatic rings. The molecule has 4 heteroatoms. The van der Waals surface area contributed by atoms with Gasteiger partial charge >= 0.3 is 5.97 Å². The van der Waals surface area contributed by atoms with Crippen molar-refractivity contribution in [3.63, 3.8) is 0 Å². The van der Waals surface area contributed by atoms with Crippen molar-refractivity contribution in [2.75, 3.05) is 7.11 Å². The first-order chi connectivity index (χ1) is 11.1. The molecule has 0 aromatic heterocycles. The number of carbonyl (C=O) groups is 2. The first-order valence-corrected chi connectivity index (χ1v) is 7.51. The molecule has 0 amide bonds. The maximum atomic E-state index is 12.2. The van der Waals surface area contributed by atoms with Crippen LogP contribution in [0.5, 0.6) is 11.5 Å². The second-order valence-corrected chi connectivity index (χ2v) is 5.45. The minimum atomic E-state index is -0.295. The van der Waals surface area contributed by atoms with Crippen molar-refractivity contribution < 1.29 is 19.1 Å². The summed E-state index contributed by atoms with van der Waals surface area (Å²) in [6, 6.07) is 16.5. The Hall–Kier alpha value is -2.62. The van der Waals surface area contributed by atoms with Crippen molar-refractivity contribution in [2.24, 2.45) is 5.92 Å². The number of esters is 1. The highest BCUT2D eigenvalue weighted by molar-refractivity contribution is 5.96. The summed E-state index contributed by atoms with van der Waals surface area (Å²) in [4.78, 5) is 23.4. The predicted octanol–water partition coefficient (Wildman–Crippen LogP) is 4.25. The van der Waals surface area contributed by atoms with Crippen LogP contribution in [0.15, 0.2) is 54.6 Å². The maximum absolute atomic E-state index is 12.2. The van der Waals surface area contributed by atoms with Gasteiger partial charge in [0.2, 0.25) is 0 Å². The Balaban J connectivity index is 1.93. The van der Waals surface area contributed by atoms with E-state index in [1.54, 1.807) is 24.3 Å². The molecular formula is C19H20O4. The third-order valence-electron chi connectivity index (χ3n) is 3.43. The molecule has 23 heavy (non-hydrogen) atoms. The van der Waals surface area contributed by atoms with E-state index in [1.165, 1.54) is 7.11 Å². The molecule has 0 radical (unpaired) electrons.